The van der Waals surface area contributed by atoms with Gasteiger partial charge in [-0.2, -0.15) is 0 Å². The van der Waals surface area contributed by atoms with Crippen LogP contribution in [-0.4, -0.2) is 47.9 Å². The highest BCUT2D eigenvalue weighted by molar-refractivity contribution is 7.23. The Bertz CT molecular complexity index is 1280. The molecule has 0 atom stereocenters. The lowest BCUT2D eigenvalue weighted by Crippen LogP contribution is -2.32. The molecule has 2 aromatic carbocycles. The molecule has 2 aromatic heterocycles. The van der Waals surface area contributed by atoms with E-state index in [0.717, 1.165) is 33.4 Å². The van der Waals surface area contributed by atoms with E-state index in [1.54, 1.807) is 17.0 Å². The van der Waals surface area contributed by atoms with Gasteiger partial charge in [-0.25, -0.2) is 4.98 Å². The number of hydrogen-bond acceptors (Lipinski definition) is 7. The molecule has 2 heterocycles. The number of fused-ring (bicyclic) bond motifs is 2. The summed E-state index contributed by atoms with van der Waals surface area (Å²) in [7, 11) is 4.01. The van der Waals surface area contributed by atoms with Crippen molar-refractivity contribution in [1.82, 2.24) is 9.88 Å². The Hall–Kier alpha value is -2.59. The number of hydrogen-bond donors (Lipinski definition) is 0. The van der Waals surface area contributed by atoms with E-state index in [2.05, 4.69) is 11.0 Å². The van der Waals surface area contributed by atoms with Crippen molar-refractivity contribution in [3.05, 3.63) is 63.0 Å². The average Bonchev–Trinajstić information content (AvgIpc) is 3.33. The van der Waals surface area contributed by atoms with Gasteiger partial charge in [0, 0.05) is 28.8 Å². The number of carbonyl (C=O) groups is 1. The number of thiazole rings is 1. The van der Waals surface area contributed by atoms with Crippen LogP contribution in [0, 0.1) is 17.0 Å². The van der Waals surface area contributed by atoms with Gasteiger partial charge in [0.2, 0.25) is 0 Å². The molecule has 0 fully saturated rings. The SMILES string of the molecule is Cc1ccc2nc(N(CCCN(C)C)C(=O)c3cc4cc([N+](=O)[O-])ccc4s3)sc2c1.Cl. The molecule has 0 aliphatic heterocycles. The molecule has 168 valence electrons. The second-order valence-electron chi connectivity index (χ2n) is 7.67. The van der Waals surface area contributed by atoms with Gasteiger partial charge in [0.25, 0.3) is 11.6 Å². The Kier molecular flexibility index (Phi) is 7.45. The van der Waals surface area contributed by atoms with E-state index in [-0.39, 0.29) is 24.0 Å². The Morgan fingerprint density at radius 1 is 1.06 bits per heavy atom. The maximum Gasteiger partial charge on any atom is 0.270 e. The quantitative estimate of drug-likeness (QED) is 0.243. The fraction of sp³-hybridized carbons (Fsp3) is 0.273. The Morgan fingerprint density at radius 2 is 1.84 bits per heavy atom. The molecule has 4 rings (SSSR count). The Labute approximate surface area is 199 Å². The molecule has 0 N–H and O–H groups in total. The number of non-ortho nitro benzene ring substituents is 1. The summed E-state index contributed by atoms with van der Waals surface area (Å²) >= 11 is 2.86. The summed E-state index contributed by atoms with van der Waals surface area (Å²) in [4.78, 5) is 33.3. The smallest absolute Gasteiger partial charge is 0.270 e. The largest absolute Gasteiger partial charge is 0.309 e. The number of thiophene rings is 1. The monoisotopic (exact) mass is 490 g/mol. The number of aryl methyl sites for hydroxylation is 1. The van der Waals surface area contributed by atoms with E-state index in [9.17, 15) is 14.9 Å². The second-order valence-corrected chi connectivity index (χ2v) is 9.76. The number of halogens is 1. The van der Waals surface area contributed by atoms with Crippen LogP contribution in [0.4, 0.5) is 10.8 Å². The maximum atomic E-state index is 13.5. The van der Waals surface area contributed by atoms with Crippen molar-refractivity contribution >= 4 is 72.1 Å². The lowest BCUT2D eigenvalue weighted by atomic mass is 10.2. The number of anilines is 1. The van der Waals surface area contributed by atoms with Crippen LogP contribution in [0.3, 0.4) is 0 Å². The van der Waals surface area contributed by atoms with E-state index in [4.69, 9.17) is 4.98 Å². The van der Waals surface area contributed by atoms with Crippen LogP contribution in [0.2, 0.25) is 0 Å². The van der Waals surface area contributed by atoms with Gasteiger partial charge in [-0.15, -0.1) is 23.7 Å². The number of rotatable bonds is 7. The zero-order chi connectivity index (χ0) is 22.1. The molecule has 4 aromatic rings. The lowest BCUT2D eigenvalue weighted by molar-refractivity contribution is -0.384. The van der Waals surface area contributed by atoms with Crippen LogP contribution in [0.15, 0.2) is 42.5 Å². The van der Waals surface area contributed by atoms with Crippen molar-refractivity contribution < 1.29 is 9.72 Å². The molecular weight excluding hydrogens is 468 g/mol. The van der Waals surface area contributed by atoms with Gasteiger partial charge >= 0.3 is 0 Å². The molecule has 0 bridgehead atoms. The number of aromatic nitrogens is 1. The minimum Gasteiger partial charge on any atom is -0.309 e. The molecule has 0 saturated heterocycles. The van der Waals surface area contributed by atoms with Crippen molar-refractivity contribution in [2.45, 2.75) is 13.3 Å². The van der Waals surface area contributed by atoms with Crippen LogP contribution >= 0.6 is 35.1 Å². The highest BCUT2D eigenvalue weighted by Crippen LogP contribution is 2.34. The fourth-order valence-electron chi connectivity index (χ4n) is 3.35. The second kappa shape index (κ2) is 9.91. The van der Waals surface area contributed by atoms with Crippen molar-refractivity contribution in [2.24, 2.45) is 0 Å². The number of carbonyl (C=O) groups excluding carboxylic acids is 1. The standard InChI is InChI=1S/C22H22N4O3S2.ClH/c1-14-5-7-17-19(11-14)31-22(23-17)25(10-4-9-24(2)3)21(27)20-13-15-12-16(26(28)29)6-8-18(15)30-20;/h5-8,11-13H,4,9-10H2,1-3H3;1H. The first-order valence-corrected chi connectivity index (χ1v) is 11.5. The molecule has 1 amide bonds. The summed E-state index contributed by atoms with van der Waals surface area (Å²) in [6.45, 7) is 3.44. The van der Waals surface area contributed by atoms with Crippen molar-refractivity contribution in [1.29, 1.82) is 0 Å². The number of benzene rings is 2. The summed E-state index contributed by atoms with van der Waals surface area (Å²) in [6.07, 6.45) is 0.810. The minimum atomic E-state index is -0.421. The molecule has 0 saturated carbocycles. The normalized spacial score (nSPS) is 11.1. The summed E-state index contributed by atoms with van der Waals surface area (Å²) < 4.78 is 1.90. The van der Waals surface area contributed by atoms with Gasteiger partial charge in [-0.1, -0.05) is 17.4 Å². The summed E-state index contributed by atoms with van der Waals surface area (Å²) in [5, 5.41) is 12.5. The van der Waals surface area contributed by atoms with Gasteiger partial charge in [0.1, 0.15) is 0 Å². The van der Waals surface area contributed by atoms with E-state index in [1.807, 2.05) is 33.2 Å². The van der Waals surface area contributed by atoms with E-state index >= 15 is 0 Å². The highest BCUT2D eigenvalue weighted by atomic mass is 35.5. The molecular formula is C22H23ClN4O3S2. The average molecular weight is 491 g/mol. The van der Waals surface area contributed by atoms with Gasteiger partial charge in [-0.05, 0) is 63.8 Å². The van der Waals surface area contributed by atoms with Crippen LogP contribution in [0.25, 0.3) is 20.3 Å². The molecule has 0 aliphatic carbocycles. The van der Waals surface area contributed by atoms with Crippen molar-refractivity contribution in [2.75, 3.05) is 32.1 Å². The first-order valence-electron chi connectivity index (χ1n) is 9.83. The summed E-state index contributed by atoms with van der Waals surface area (Å²) in [5.41, 5.74) is 2.05. The van der Waals surface area contributed by atoms with Crippen LogP contribution < -0.4 is 4.90 Å². The number of amides is 1. The van der Waals surface area contributed by atoms with E-state index in [0.29, 0.717) is 21.9 Å². The van der Waals surface area contributed by atoms with Gasteiger partial charge in [0.05, 0.1) is 20.0 Å². The first-order chi connectivity index (χ1) is 14.8. The zero-order valence-corrected chi connectivity index (χ0v) is 20.4. The maximum absolute atomic E-state index is 13.5. The Morgan fingerprint density at radius 3 is 2.56 bits per heavy atom. The molecule has 0 unspecified atom stereocenters. The predicted molar refractivity (Wildman–Crippen MR) is 135 cm³/mol. The molecule has 32 heavy (non-hydrogen) atoms. The molecule has 0 radical (unpaired) electrons. The van der Waals surface area contributed by atoms with E-state index < -0.39 is 4.92 Å². The third kappa shape index (κ3) is 5.07. The molecule has 0 aliphatic rings. The van der Waals surface area contributed by atoms with Crippen LogP contribution in [0.5, 0.6) is 0 Å². The van der Waals surface area contributed by atoms with Crippen molar-refractivity contribution in [3.63, 3.8) is 0 Å². The molecule has 10 heteroatoms. The molecule has 7 nitrogen and oxygen atoms in total. The van der Waals surface area contributed by atoms with E-state index in [1.165, 1.54) is 34.8 Å². The lowest BCUT2D eigenvalue weighted by Gasteiger charge is -2.20. The minimum absolute atomic E-state index is 0. The third-order valence-corrected chi connectivity index (χ3v) is 7.06. The number of nitrogens with zero attached hydrogens (tertiary/aromatic N) is 4. The highest BCUT2D eigenvalue weighted by Gasteiger charge is 2.23. The van der Waals surface area contributed by atoms with Gasteiger partial charge in [0.15, 0.2) is 5.13 Å². The predicted octanol–water partition coefficient (Wildman–Crippen LogP) is 5.75. The third-order valence-electron chi connectivity index (χ3n) is 4.92. The van der Waals surface area contributed by atoms with Gasteiger partial charge < -0.3 is 4.90 Å². The topological polar surface area (TPSA) is 79.6 Å². The van der Waals surface area contributed by atoms with Gasteiger partial charge in [-0.3, -0.25) is 19.8 Å². The Balaban J connectivity index is 0.00000289. The molecule has 0 spiro atoms. The fourth-order valence-corrected chi connectivity index (χ4v) is 5.43. The number of nitro benzene ring substituents is 1. The summed E-state index contributed by atoms with van der Waals surface area (Å²) in [5.74, 6) is -0.126. The zero-order valence-electron chi connectivity index (χ0n) is 17.9. The summed E-state index contributed by atoms with van der Waals surface area (Å²) in [6, 6.07) is 12.5. The first kappa shape index (κ1) is 24.1. The van der Waals surface area contributed by atoms with Crippen LogP contribution in [-0.2, 0) is 0 Å². The van der Waals surface area contributed by atoms with Crippen molar-refractivity contribution in [3.8, 4) is 0 Å². The number of nitro groups is 1. The van der Waals surface area contributed by atoms with Crippen LogP contribution in [0.1, 0.15) is 21.7 Å².